The summed E-state index contributed by atoms with van der Waals surface area (Å²) in [5.41, 5.74) is 4.35. The van der Waals surface area contributed by atoms with Gasteiger partial charge < -0.3 is 4.74 Å². The van der Waals surface area contributed by atoms with Crippen LogP contribution < -0.4 is 4.74 Å². The van der Waals surface area contributed by atoms with Crippen molar-refractivity contribution in [2.45, 2.75) is 19.2 Å². The van der Waals surface area contributed by atoms with Crippen molar-refractivity contribution in [3.05, 3.63) is 63.7 Å². The zero-order valence-electron chi connectivity index (χ0n) is 11.2. The second-order valence-corrected chi connectivity index (χ2v) is 5.45. The number of methoxy groups -OCH3 is 1. The van der Waals surface area contributed by atoms with E-state index in [4.69, 9.17) is 27.9 Å². The van der Waals surface area contributed by atoms with Gasteiger partial charge in [-0.2, -0.15) is 0 Å². The fourth-order valence-electron chi connectivity index (χ4n) is 2.04. The predicted molar refractivity (Wildman–Crippen MR) is 81.6 cm³/mol. The van der Waals surface area contributed by atoms with Crippen LogP contribution in [0, 0.1) is 13.8 Å². The molecule has 0 aromatic heterocycles. The van der Waals surface area contributed by atoms with Crippen molar-refractivity contribution >= 4 is 23.2 Å². The number of hydrogen-bond acceptors (Lipinski definition) is 1. The van der Waals surface area contributed by atoms with Gasteiger partial charge in [0.2, 0.25) is 0 Å². The molecule has 0 bridgehead atoms. The van der Waals surface area contributed by atoms with Gasteiger partial charge in [0.25, 0.3) is 0 Å². The van der Waals surface area contributed by atoms with Crippen LogP contribution in [0.1, 0.15) is 27.6 Å². The average molecular weight is 295 g/mol. The first-order valence-electron chi connectivity index (χ1n) is 6.07. The molecule has 1 nitrogen and oxygen atoms in total. The first-order valence-corrected chi connectivity index (χ1v) is 6.89. The molecule has 2 rings (SSSR count). The van der Waals surface area contributed by atoms with E-state index in [2.05, 4.69) is 32.0 Å². The van der Waals surface area contributed by atoms with Gasteiger partial charge in [-0.15, -0.1) is 11.6 Å². The molecule has 0 aliphatic rings. The summed E-state index contributed by atoms with van der Waals surface area (Å²) in [5, 5.41) is 0.374. The van der Waals surface area contributed by atoms with Crippen LogP contribution in [0.3, 0.4) is 0 Å². The number of halogens is 2. The van der Waals surface area contributed by atoms with Gasteiger partial charge in [0.15, 0.2) is 0 Å². The lowest BCUT2D eigenvalue weighted by molar-refractivity contribution is 0.414. The Morgan fingerprint density at radius 3 is 2.37 bits per heavy atom. The van der Waals surface area contributed by atoms with Gasteiger partial charge in [0.1, 0.15) is 5.75 Å². The van der Waals surface area contributed by atoms with Crippen LogP contribution in [0.25, 0.3) is 0 Å². The summed E-state index contributed by atoms with van der Waals surface area (Å²) in [7, 11) is 1.62. The number of rotatable bonds is 3. The Morgan fingerprint density at radius 1 is 1.00 bits per heavy atom. The maximum absolute atomic E-state index is 6.58. The van der Waals surface area contributed by atoms with Crippen LogP contribution in [0.5, 0.6) is 5.75 Å². The molecule has 0 amide bonds. The quantitative estimate of drug-likeness (QED) is 0.699. The second-order valence-electron chi connectivity index (χ2n) is 4.61. The highest BCUT2D eigenvalue weighted by Gasteiger charge is 2.16. The molecule has 0 fully saturated rings. The van der Waals surface area contributed by atoms with Crippen LogP contribution in [-0.2, 0) is 0 Å². The highest BCUT2D eigenvalue weighted by molar-refractivity contribution is 6.33. The number of aryl methyl sites for hydroxylation is 2. The second kappa shape index (κ2) is 5.85. The Labute approximate surface area is 124 Å². The minimum Gasteiger partial charge on any atom is -0.497 e. The lowest BCUT2D eigenvalue weighted by atomic mass is 9.98. The summed E-state index contributed by atoms with van der Waals surface area (Å²) >= 11 is 12.9. The normalized spacial score (nSPS) is 12.3. The van der Waals surface area contributed by atoms with Gasteiger partial charge in [0.05, 0.1) is 12.5 Å². The monoisotopic (exact) mass is 294 g/mol. The fraction of sp³-hybridized carbons (Fsp3) is 0.250. The third-order valence-electron chi connectivity index (χ3n) is 3.19. The van der Waals surface area contributed by atoms with E-state index in [1.807, 2.05) is 12.1 Å². The van der Waals surface area contributed by atoms with Gasteiger partial charge in [-0.25, -0.2) is 0 Å². The molecule has 1 unspecified atom stereocenters. The van der Waals surface area contributed by atoms with Gasteiger partial charge >= 0.3 is 0 Å². The molecule has 3 heteroatoms. The lowest BCUT2D eigenvalue weighted by Gasteiger charge is -2.16. The van der Waals surface area contributed by atoms with E-state index in [0.29, 0.717) is 5.02 Å². The molecule has 0 heterocycles. The third kappa shape index (κ3) is 3.05. The van der Waals surface area contributed by atoms with Crippen molar-refractivity contribution in [3.63, 3.8) is 0 Å². The van der Waals surface area contributed by atoms with Crippen molar-refractivity contribution in [2.75, 3.05) is 7.11 Å². The summed E-state index contributed by atoms with van der Waals surface area (Å²) in [6.45, 7) is 4.11. The molecule has 2 aromatic rings. The molecule has 2 aromatic carbocycles. The summed E-state index contributed by atoms with van der Waals surface area (Å²) in [6, 6.07) is 11.9. The molecule has 0 N–H and O–H groups in total. The zero-order chi connectivity index (χ0) is 14.0. The molecule has 100 valence electrons. The highest BCUT2D eigenvalue weighted by atomic mass is 35.5. The molecule has 0 aliphatic carbocycles. The van der Waals surface area contributed by atoms with E-state index in [1.54, 1.807) is 13.2 Å². The summed E-state index contributed by atoms with van der Waals surface area (Å²) in [6.07, 6.45) is 0. The van der Waals surface area contributed by atoms with E-state index in [9.17, 15) is 0 Å². The van der Waals surface area contributed by atoms with Gasteiger partial charge in [0, 0.05) is 5.02 Å². The largest absolute Gasteiger partial charge is 0.497 e. The molecule has 0 aliphatic heterocycles. The Kier molecular flexibility index (Phi) is 4.38. The highest BCUT2D eigenvalue weighted by Crippen LogP contribution is 2.37. The first-order chi connectivity index (χ1) is 9.02. The standard InChI is InChI=1S/C16H16Cl2O/c1-10-4-5-11(2)14(8-10)16(18)13-7-6-12(19-3)9-15(13)17/h4-9,16H,1-3H3. The van der Waals surface area contributed by atoms with Crippen molar-refractivity contribution in [2.24, 2.45) is 0 Å². The number of hydrogen-bond donors (Lipinski definition) is 0. The average Bonchev–Trinajstić information content (AvgIpc) is 2.40. The van der Waals surface area contributed by atoms with Crippen molar-refractivity contribution < 1.29 is 4.74 Å². The molecule has 0 saturated carbocycles. The maximum atomic E-state index is 6.58. The molecule has 0 radical (unpaired) electrons. The van der Waals surface area contributed by atoms with Crippen molar-refractivity contribution in [1.29, 1.82) is 0 Å². The van der Waals surface area contributed by atoms with Crippen LogP contribution in [0.2, 0.25) is 5.02 Å². The molecule has 0 spiro atoms. The molecule has 0 saturated heterocycles. The zero-order valence-corrected chi connectivity index (χ0v) is 12.7. The SMILES string of the molecule is COc1ccc(C(Cl)c2cc(C)ccc2C)c(Cl)c1. The number of alkyl halides is 1. The smallest absolute Gasteiger partial charge is 0.120 e. The topological polar surface area (TPSA) is 9.23 Å². The number of ether oxygens (including phenoxy) is 1. The maximum Gasteiger partial charge on any atom is 0.120 e. The predicted octanol–water partition coefficient (Wildman–Crippen LogP) is 5.29. The van der Waals surface area contributed by atoms with Crippen LogP contribution in [0.4, 0.5) is 0 Å². The van der Waals surface area contributed by atoms with Gasteiger partial charge in [-0.1, -0.05) is 41.4 Å². The van der Waals surface area contributed by atoms with E-state index >= 15 is 0 Å². The minimum absolute atomic E-state index is 0.252. The van der Waals surface area contributed by atoms with Gasteiger partial charge in [-0.3, -0.25) is 0 Å². The lowest BCUT2D eigenvalue weighted by Crippen LogP contribution is -1.98. The number of benzene rings is 2. The first kappa shape index (κ1) is 14.2. The van der Waals surface area contributed by atoms with Crippen LogP contribution in [0.15, 0.2) is 36.4 Å². The minimum atomic E-state index is -0.252. The summed E-state index contributed by atoms with van der Waals surface area (Å²) < 4.78 is 5.15. The van der Waals surface area contributed by atoms with Crippen molar-refractivity contribution in [1.82, 2.24) is 0 Å². The van der Waals surface area contributed by atoms with Gasteiger partial charge in [-0.05, 0) is 42.7 Å². The fourth-order valence-corrected chi connectivity index (χ4v) is 2.80. The molecular weight excluding hydrogens is 279 g/mol. The summed E-state index contributed by atoms with van der Waals surface area (Å²) in [5.74, 6) is 0.735. The Balaban J connectivity index is 2.43. The molecular formula is C16H16Cl2O. The van der Waals surface area contributed by atoms with E-state index in [-0.39, 0.29) is 5.38 Å². The van der Waals surface area contributed by atoms with E-state index < -0.39 is 0 Å². The van der Waals surface area contributed by atoms with Crippen LogP contribution in [-0.4, -0.2) is 7.11 Å². The molecule has 19 heavy (non-hydrogen) atoms. The Bertz CT molecular complexity index is 593. The van der Waals surface area contributed by atoms with E-state index in [0.717, 1.165) is 22.4 Å². The third-order valence-corrected chi connectivity index (χ3v) is 3.99. The molecule has 1 atom stereocenters. The van der Waals surface area contributed by atoms with Crippen molar-refractivity contribution in [3.8, 4) is 5.75 Å². The Hall–Kier alpha value is -1.18. The summed E-state index contributed by atoms with van der Waals surface area (Å²) in [4.78, 5) is 0. The van der Waals surface area contributed by atoms with Crippen LogP contribution >= 0.6 is 23.2 Å². The Morgan fingerprint density at radius 2 is 1.74 bits per heavy atom. The van der Waals surface area contributed by atoms with E-state index in [1.165, 1.54) is 5.56 Å².